The molecule has 0 bridgehead atoms. The van der Waals surface area contributed by atoms with Crippen LogP contribution in [-0.2, 0) is 0 Å². The quantitative estimate of drug-likeness (QED) is 0.176. The minimum Gasteiger partial charge on any atom is -0.458 e. The fourth-order valence-electron chi connectivity index (χ4n) is 7.86. The first-order chi connectivity index (χ1) is 27.6. The predicted molar refractivity (Wildman–Crippen MR) is 212 cm³/mol. The average molecular weight is 698 g/mol. The van der Waals surface area contributed by atoms with E-state index < -0.39 is 29.1 Å². The summed E-state index contributed by atoms with van der Waals surface area (Å²) in [6.45, 7) is -5.71. The molecule has 0 saturated carbocycles. The van der Waals surface area contributed by atoms with Crippen LogP contribution in [0.25, 0.3) is 33.8 Å². The first kappa shape index (κ1) is 24.1. The summed E-state index contributed by atoms with van der Waals surface area (Å²) in [6.07, 6.45) is 1.76. The second kappa shape index (κ2) is 11.2. The highest BCUT2D eigenvalue weighted by molar-refractivity contribution is 7.20. The van der Waals surface area contributed by atoms with E-state index >= 15 is 0 Å². The summed E-state index contributed by atoms with van der Waals surface area (Å²) < 4.78 is 65.3. The van der Waals surface area contributed by atoms with Gasteiger partial charge in [0.25, 0.3) is 0 Å². The Balaban J connectivity index is 1.34. The van der Waals surface area contributed by atoms with Crippen molar-refractivity contribution in [1.29, 1.82) is 0 Å². The van der Waals surface area contributed by atoms with Crippen molar-refractivity contribution in [3.05, 3.63) is 164 Å². The molecule has 6 nitrogen and oxygen atoms in total. The number of hydrogen-bond donors (Lipinski definition) is 0. The summed E-state index contributed by atoms with van der Waals surface area (Å²) in [4.78, 5) is 15.5. The summed E-state index contributed by atoms with van der Waals surface area (Å²) in [5, 5.41) is 3.74. The third-order valence-electron chi connectivity index (χ3n) is 10.1. The summed E-state index contributed by atoms with van der Waals surface area (Å²) in [5.74, 6) is 1.58. The molecule has 0 fully saturated rings. The van der Waals surface area contributed by atoms with Gasteiger partial charge in [0.15, 0.2) is 0 Å². The van der Waals surface area contributed by atoms with Crippen LogP contribution in [0.3, 0.4) is 0 Å². The van der Waals surface area contributed by atoms with Gasteiger partial charge in [-0.1, -0.05) is 134 Å². The molecular formula is C43H33N5OSi2. The lowest BCUT2D eigenvalue weighted by atomic mass is 10.3. The Morgan fingerprint density at radius 3 is 2.02 bits per heavy atom. The average Bonchev–Trinajstić information content (AvgIpc) is 3.75. The molecule has 9 aromatic rings. The molecule has 0 amide bonds. The van der Waals surface area contributed by atoms with E-state index in [0.29, 0.717) is 22.2 Å². The fraction of sp³-hybridized carbons (Fsp3) is 0.0465. The Morgan fingerprint density at radius 1 is 0.608 bits per heavy atom. The SMILES string of the molecule is [2H]C([2H])([2H])[Si]1(C([2H])([2H])[2H])c2ccccc2Oc2c([Si](c3ccccc3)(c3ccccc3)c3ccnc(-n4c5ccccc5n5c6ccccc6nc45)n3)cccc21. The number of aromatic nitrogens is 5. The largest absolute Gasteiger partial charge is 0.458 e. The van der Waals surface area contributed by atoms with Crippen LogP contribution in [0.1, 0.15) is 8.22 Å². The maximum absolute atomic E-state index is 9.05. The molecule has 6 aromatic carbocycles. The van der Waals surface area contributed by atoms with Crippen molar-refractivity contribution in [3.8, 4) is 17.4 Å². The molecule has 51 heavy (non-hydrogen) atoms. The Labute approximate surface area is 305 Å². The summed E-state index contributed by atoms with van der Waals surface area (Å²) in [6, 6.07) is 50.3. The van der Waals surface area contributed by atoms with Crippen molar-refractivity contribution >= 4 is 75.2 Å². The molecule has 0 aliphatic carbocycles. The Morgan fingerprint density at radius 2 is 1.25 bits per heavy atom. The lowest BCUT2D eigenvalue weighted by molar-refractivity contribution is 0.490. The highest BCUT2D eigenvalue weighted by Gasteiger charge is 2.48. The molecule has 0 unspecified atom stereocenters. The molecule has 1 aliphatic rings. The van der Waals surface area contributed by atoms with Gasteiger partial charge >= 0.3 is 0 Å². The minimum absolute atomic E-state index is 0.221. The third-order valence-corrected chi connectivity index (χ3v) is 17.1. The smallest absolute Gasteiger partial charge is 0.236 e. The number of hydrogen-bond acceptors (Lipinski definition) is 4. The summed E-state index contributed by atoms with van der Waals surface area (Å²) >= 11 is 0. The van der Waals surface area contributed by atoms with Gasteiger partial charge in [0.05, 0.1) is 22.1 Å². The number of benzene rings is 6. The van der Waals surface area contributed by atoms with E-state index in [9.17, 15) is 0 Å². The molecule has 244 valence electrons. The van der Waals surface area contributed by atoms with E-state index in [4.69, 9.17) is 27.9 Å². The van der Waals surface area contributed by atoms with Crippen molar-refractivity contribution < 1.29 is 13.0 Å². The topological polar surface area (TPSA) is 57.2 Å². The zero-order chi connectivity index (χ0) is 39.2. The number of nitrogens with zero attached hydrogens (tertiary/aromatic N) is 5. The van der Waals surface area contributed by atoms with Gasteiger partial charge in [0.1, 0.15) is 19.6 Å². The Kier molecular flexibility index (Phi) is 5.30. The number of imidazole rings is 2. The first-order valence-corrected chi connectivity index (χ1v) is 20.8. The van der Waals surface area contributed by atoms with Crippen molar-refractivity contribution in [2.45, 2.75) is 13.0 Å². The molecule has 10 rings (SSSR count). The predicted octanol–water partition coefficient (Wildman–Crippen LogP) is 5.53. The van der Waals surface area contributed by atoms with Crippen molar-refractivity contribution in [1.82, 2.24) is 23.9 Å². The molecule has 4 heterocycles. The van der Waals surface area contributed by atoms with Gasteiger partial charge in [-0.05, 0) is 62.3 Å². The molecular weight excluding hydrogens is 659 g/mol. The normalized spacial score (nSPS) is 15.8. The Bertz CT molecular complexity index is 2950. The van der Waals surface area contributed by atoms with Crippen LogP contribution < -0.4 is 36.0 Å². The molecule has 1 aliphatic heterocycles. The van der Waals surface area contributed by atoms with Gasteiger partial charge in [0, 0.05) is 19.7 Å². The van der Waals surface area contributed by atoms with E-state index in [2.05, 4.69) is 34.7 Å². The van der Waals surface area contributed by atoms with Gasteiger partial charge in [-0.2, -0.15) is 0 Å². The lowest BCUT2D eigenvalue weighted by Crippen LogP contribution is -2.76. The standard InChI is InChI=1S/C43H33N5OSi2/c1-50(2)37-25-14-13-24-36(37)49-41-38(50)26-15-27-39(41)51(30-16-5-3-6-17-30,31-18-7-4-8-19-31)40-28-29-44-42(46-40)48-35-23-12-11-22-34(35)47-33-21-10-9-20-32(33)45-43(47)48/h3-29H,1-2H3/i1D3,2D3. The maximum atomic E-state index is 9.05. The van der Waals surface area contributed by atoms with Crippen LogP contribution >= 0.6 is 0 Å². The minimum atomic E-state index is -4.62. The molecule has 0 radical (unpaired) electrons. The van der Waals surface area contributed by atoms with E-state index in [1.165, 1.54) is 0 Å². The maximum Gasteiger partial charge on any atom is 0.236 e. The molecule has 0 atom stereocenters. The van der Waals surface area contributed by atoms with E-state index in [1.807, 2.05) is 95.6 Å². The van der Waals surface area contributed by atoms with Gasteiger partial charge in [0.2, 0.25) is 19.8 Å². The third kappa shape index (κ3) is 4.24. The van der Waals surface area contributed by atoms with Crippen LogP contribution in [-0.4, -0.2) is 40.1 Å². The number of para-hydroxylation sites is 6. The highest BCUT2D eigenvalue weighted by atomic mass is 28.3. The highest BCUT2D eigenvalue weighted by Crippen LogP contribution is 2.31. The molecule has 3 aromatic heterocycles. The summed E-state index contributed by atoms with van der Waals surface area (Å²) in [7, 11) is -8.28. The molecule has 0 spiro atoms. The second-order valence-corrected chi connectivity index (χ2v) is 19.1. The lowest BCUT2D eigenvalue weighted by Gasteiger charge is -2.39. The molecule has 8 heteroatoms. The molecule has 0 saturated heterocycles. The summed E-state index contributed by atoms with van der Waals surface area (Å²) in [5.41, 5.74) is 3.62. The van der Waals surface area contributed by atoms with Gasteiger partial charge in [-0.25, -0.2) is 19.5 Å². The Hall–Kier alpha value is -6.10. The molecule has 0 N–H and O–H groups in total. The van der Waals surface area contributed by atoms with Crippen molar-refractivity contribution in [2.24, 2.45) is 0 Å². The van der Waals surface area contributed by atoms with Crippen molar-refractivity contribution in [3.63, 3.8) is 0 Å². The van der Waals surface area contributed by atoms with Crippen LogP contribution in [0.5, 0.6) is 11.5 Å². The van der Waals surface area contributed by atoms with Gasteiger partial charge < -0.3 is 4.74 Å². The van der Waals surface area contributed by atoms with Gasteiger partial charge in [-0.15, -0.1) is 0 Å². The van der Waals surface area contributed by atoms with E-state index in [0.717, 1.165) is 32.4 Å². The van der Waals surface area contributed by atoms with Crippen LogP contribution in [0.2, 0.25) is 13.0 Å². The van der Waals surface area contributed by atoms with Crippen molar-refractivity contribution in [2.75, 3.05) is 0 Å². The van der Waals surface area contributed by atoms with Gasteiger partial charge in [-0.3, -0.25) is 4.40 Å². The number of ether oxygens (including phenoxy) is 1. The zero-order valence-corrected chi connectivity index (χ0v) is 29.2. The van der Waals surface area contributed by atoms with E-state index in [1.54, 1.807) is 42.6 Å². The van der Waals surface area contributed by atoms with Crippen LogP contribution in [0, 0.1) is 0 Å². The van der Waals surface area contributed by atoms with Crippen LogP contribution in [0.4, 0.5) is 0 Å². The monoisotopic (exact) mass is 697 g/mol. The van der Waals surface area contributed by atoms with E-state index in [-0.39, 0.29) is 21.9 Å². The first-order valence-electron chi connectivity index (χ1n) is 19.8. The number of fused-ring (bicyclic) bond motifs is 7. The second-order valence-electron chi connectivity index (χ2n) is 12.8. The fourth-order valence-corrected chi connectivity index (χ4v) is 14.7. The zero-order valence-electron chi connectivity index (χ0n) is 33.2. The van der Waals surface area contributed by atoms with Crippen LogP contribution in [0.15, 0.2) is 164 Å². The number of rotatable bonds is 5.